The molecule has 1 aromatic carbocycles. The number of hydrogen-bond acceptors (Lipinski definition) is 2. The molecule has 2 nitrogen and oxygen atoms in total. The first-order valence-corrected chi connectivity index (χ1v) is 9.30. The van der Waals surface area contributed by atoms with Gasteiger partial charge in [0.25, 0.3) is 0 Å². The first-order valence-electron chi connectivity index (χ1n) is 6.32. The van der Waals surface area contributed by atoms with Crippen molar-refractivity contribution in [2.75, 3.05) is 0 Å². The zero-order valence-corrected chi connectivity index (χ0v) is 12.1. The summed E-state index contributed by atoms with van der Waals surface area (Å²) < 4.78 is 6.06. The average Bonchev–Trinajstić information content (AvgIpc) is 2.93. The van der Waals surface area contributed by atoms with Gasteiger partial charge in [0.2, 0.25) is 0 Å². The molecule has 0 amide bonds. The summed E-state index contributed by atoms with van der Waals surface area (Å²) >= 11 is 0. The Morgan fingerprint density at radius 1 is 1.29 bits per heavy atom. The monoisotopic (exact) mass is 250 g/mol. The Kier molecular flexibility index (Phi) is 3.19. The predicted molar refractivity (Wildman–Crippen MR) is 72.4 cm³/mol. The minimum absolute atomic E-state index is 0.247. The van der Waals surface area contributed by atoms with Crippen LogP contribution in [0.4, 0.5) is 0 Å². The van der Waals surface area contributed by atoms with E-state index < -0.39 is 13.9 Å². The minimum atomic E-state index is -1.80. The predicted octanol–water partition coefficient (Wildman–Crippen LogP) is 3.28. The van der Waals surface area contributed by atoms with Gasteiger partial charge in [0.15, 0.2) is 8.32 Å². The molecule has 0 unspecified atom stereocenters. The van der Waals surface area contributed by atoms with Crippen molar-refractivity contribution < 1.29 is 9.53 Å². The lowest BCUT2D eigenvalue weighted by atomic mass is 10.1. The van der Waals surface area contributed by atoms with Crippen LogP contribution >= 0.6 is 0 Å². The Hall–Kier alpha value is -0.643. The summed E-state index contributed by atoms with van der Waals surface area (Å²) in [5.41, 5.74) is 0.726. The number of rotatable bonds is 4. The highest BCUT2D eigenvalue weighted by Gasteiger charge is 2.62. The third-order valence-electron chi connectivity index (χ3n) is 3.58. The summed E-state index contributed by atoms with van der Waals surface area (Å²) in [6.07, 6.45) is 1.10. The molecule has 94 valence electrons. The highest BCUT2D eigenvalue weighted by atomic mass is 28.4. The molecule has 3 heteroatoms. The van der Waals surface area contributed by atoms with Crippen molar-refractivity contribution in [3.8, 4) is 0 Å². The fourth-order valence-corrected chi connectivity index (χ4v) is 6.31. The van der Waals surface area contributed by atoms with Crippen LogP contribution in [-0.4, -0.2) is 19.5 Å². The topological polar surface area (TPSA) is 29.5 Å². The maximum atomic E-state index is 10.7. The summed E-state index contributed by atoms with van der Waals surface area (Å²) in [5.74, 6) is 0. The Morgan fingerprint density at radius 2 is 1.88 bits per heavy atom. The third-order valence-corrected chi connectivity index (χ3v) is 7.02. The number of benzene rings is 1. The van der Waals surface area contributed by atoms with E-state index >= 15 is 0 Å². The van der Waals surface area contributed by atoms with Crippen molar-refractivity contribution in [1.82, 2.24) is 0 Å². The molecule has 0 aromatic heterocycles. The second-order valence-corrected chi connectivity index (χ2v) is 9.96. The summed E-state index contributed by atoms with van der Waals surface area (Å²) in [6.45, 7) is 8.55. The van der Waals surface area contributed by atoms with Crippen molar-refractivity contribution in [2.24, 2.45) is 0 Å². The lowest BCUT2D eigenvalue weighted by molar-refractivity contribution is 0.143. The standard InChI is InChI=1S/C14H22O2Si/c1-11(2)16-17(3,4)13-10-14(13,15)12-8-6-5-7-9-12/h5-9,11,13,15H,10H2,1-4H3/t13-,14+/m0/s1. The Labute approximate surface area is 105 Å². The molecule has 0 bridgehead atoms. The first kappa shape index (κ1) is 12.8. The van der Waals surface area contributed by atoms with Crippen molar-refractivity contribution >= 4 is 8.32 Å². The molecule has 1 aliphatic rings. The van der Waals surface area contributed by atoms with E-state index in [0.717, 1.165) is 12.0 Å². The van der Waals surface area contributed by atoms with Crippen LogP contribution in [0.25, 0.3) is 0 Å². The summed E-state index contributed by atoms with van der Waals surface area (Å²) in [4.78, 5) is 0. The molecular weight excluding hydrogens is 228 g/mol. The average molecular weight is 250 g/mol. The van der Waals surface area contributed by atoms with E-state index in [9.17, 15) is 5.11 Å². The van der Waals surface area contributed by atoms with Crippen molar-refractivity contribution in [1.29, 1.82) is 0 Å². The van der Waals surface area contributed by atoms with Crippen LogP contribution in [0.3, 0.4) is 0 Å². The molecule has 0 saturated heterocycles. The van der Waals surface area contributed by atoms with Gasteiger partial charge in [-0.1, -0.05) is 30.3 Å². The molecule has 0 heterocycles. The van der Waals surface area contributed by atoms with Crippen LogP contribution in [-0.2, 0) is 10.0 Å². The molecule has 2 atom stereocenters. The fourth-order valence-electron chi connectivity index (χ4n) is 2.81. The van der Waals surface area contributed by atoms with Gasteiger partial charge in [0, 0.05) is 11.6 Å². The van der Waals surface area contributed by atoms with Gasteiger partial charge >= 0.3 is 0 Å². The minimum Gasteiger partial charge on any atom is -0.415 e. The van der Waals surface area contributed by atoms with Gasteiger partial charge in [-0.05, 0) is 38.9 Å². The van der Waals surface area contributed by atoms with Crippen molar-refractivity contribution in [3.05, 3.63) is 35.9 Å². The zero-order chi connectivity index (χ0) is 12.7. The molecular formula is C14H22O2Si. The SMILES string of the molecule is CC(C)O[Si](C)(C)[C@H]1C[C@@]1(O)c1ccccc1. The van der Waals surface area contributed by atoms with E-state index in [4.69, 9.17) is 4.43 Å². The van der Waals surface area contributed by atoms with Gasteiger partial charge in [-0.3, -0.25) is 0 Å². The van der Waals surface area contributed by atoms with Gasteiger partial charge in [0.05, 0.1) is 5.60 Å². The molecule has 0 radical (unpaired) electrons. The van der Waals surface area contributed by atoms with E-state index in [1.165, 1.54) is 0 Å². The maximum absolute atomic E-state index is 10.7. The van der Waals surface area contributed by atoms with Crippen LogP contribution in [0.1, 0.15) is 25.8 Å². The normalized spacial score (nSPS) is 28.5. The van der Waals surface area contributed by atoms with Crippen molar-refractivity contribution in [2.45, 2.75) is 50.6 Å². The van der Waals surface area contributed by atoms with E-state index in [1.54, 1.807) is 0 Å². The molecule has 2 rings (SSSR count). The first-order chi connectivity index (χ1) is 7.86. The molecule has 1 aliphatic carbocycles. The smallest absolute Gasteiger partial charge is 0.193 e. The third kappa shape index (κ3) is 2.46. The lowest BCUT2D eigenvalue weighted by Gasteiger charge is -2.27. The Balaban J connectivity index is 2.14. The van der Waals surface area contributed by atoms with Crippen molar-refractivity contribution in [3.63, 3.8) is 0 Å². The summed E-state index contributed by atoms with van der Waals surface area (Å²) in [6, 6.07) is 9.98. The highest BCUT2D eigenvalue weighted by Crippen LogP contribution is 2.62. The lowest BCUT2D eigenvalue weighted by Crippen LogP contribution is -2.36. The molecule has 17 heavy (non-hydrogen) atoms. The molecule has 0 aliphatic heterocycles. The Bertz CT molecular complexity index is 388. The van der Waals surface area contributed by atoms with Gasteiger partial charge in [-0.2, -0.15) is 0 Å². The van der Waals surface area contributed by atoms with Gasteiger partial charge < -0.3 is 9.53 Å². The quantitative estimate of drug-likeness (QED) is 0.831. The number of aliphatic hydroxyl groups is 1. The van der Waals surface area contributed by atoms with Crippen LogP contribution in [0.5, 0.6) is 0 Å². The zero-order valence-electron chi connectivity index (χ0n) is 11.1. The summed E-state index contributed by atoms with van der Waals surface area (Å²) in [7, 11) is -1.80. The van der Waals surface area contributed by atoms with Crippen LogP contribution < -0.4 is 0 Å². The van der Waals surface area contributed by atoms with Crippen LogP contribution in [0.15, 0.2) is 30.3 Å². The number of hydrogen-bond donors (Lipinski definition) is 1. The van der Waals surface area contributed by atoms with Gasteiger partial charge in [-0.15, -0.1) is 0 Å². The fraction of sp³-hybridized carbons (Fsp3) is 0.571. The van der Waals surface area contributed by atoms with Crippen LogP contribution in [0, 0.1) is 0 Å². The van der Waals surface area contributed by atoms with Gasteiger partial charge in [-0.25, -0.2) is 0 Å². The van der Waals surface area contributed by atoms with E-state index in [0.29, 0.717) is 5.54 Å². The van der Waals surface area contributed by atoms with E-state index in [1.807, 2.05) is 30.3 Å². The van der Waals surface area contributed by atoms with E-state index in [-0.39, 0.29) is 6.10 Å². The second-order valence-electron chi connectivity index (χ2n) is 5.82. The molecule has 1 fully saturated rings. The molecule has 1 aromatic rings. The molecule has 1 saturated carbocycles. The van der Waals surface area contributed by atoms with Gasteiger partial charge in [0.1, 0.15) is 0 Å². The van der Waals surface area contributed by atoms with Crippen LogP contribution in [0.2, 0.25) is 18.6 Å². The Morgan fingerprint density at radius 3 is 2.41 bits per heavy atom. The second kappa shape index (κ2) is 4.23. The van der Waals surface area contributed by atoms with E-state index in [2.05, 4.69) is 26.9 Å². The molecule has 1 N–H and O–H groups in total. The molecule has 0 spiro atoms. The largest absolute Gasteiger partial charge is 0.415 e. The maximum Gasteiger partial charge on any atom is 0.193 e. The summed E-state index contributed by atoms with van der Waals surface area (Å²) in [5, 5.41) is 10.7. The highest BCUT2D eigenvalue weighted by molar-refractivity contribution is 6.74.